The molecule has 0 aliphatic carbocycles. The Hall–Kier alpha value is -2.58. The van der Waals surface area contributed by atoms with E-state index in [9.17, 15) is 18.0 Å². The minimum atomic E-state index is -4.48. The molecular weight excluding hydrogens is 347 g/mol. The number of aromatic nitrogens is 3. The highest BCUT2D eigenvalue weighted by Crippen LogP contribution is 2.29. The Kier molecular flexibility index (Phi) is 4.88. The second-order valence-electron chi connectivity index (χ2n) is 6.54. The van der Waals surface area contributed by atoms with Crippen molar-refractivity contribution >= 4 is 11.6 Å². The maximum absolute atomic E-state index is 12.8. The maximum atomic E-state index is 12.8. The Labute approximate surface area is 149 Å². The molecule has 1 aliphatic heterocycles. The van der Waals surface area contributed by atoms with E-state index in [1.54, 1.807) is 12.4 Å². The highest BCUT2D eigenvalue weighted by Gasteiger charge is 2.35. The molecule has 1 amide bonds. The number of hydrogen-bond donors (Lipinski definition) is 1. The fourth-order valence-electron chi connectivity index (χ4n) is 3.15. The summed E-state index contributed by atoms with van der Waals surface area (Å²) in [5.74, 6) is -0.328. The first kappa shape index (κ1) is 18.2. The van der Waals surface area contributed by atoms with Gasteiger partial charge < -0.3 is 10.2 Å². The van der Waals surface area contributed by atoms with E-state index in [1.165, 1.54) is 7.05 Å². The van der Waals surface area contributed by atoms with Gasteiger partial charge in [0.25, 0.3) is 0 Å². The third kappa shape index (κ3) is 4.14. The second-order valence-corrected chi connectivity index (χ2v) is 6.54. The molecule has 2 aromatic rings. The molecule has 1 fully saturated rings. The lowest BCUT2D eigenvalue weighted by Crippen LogP contribution is -2.38. The van der Waals surface area contributed by atoms with Crippen LogP contribution < -0.4 is 10.2 Å². The minimum absolute atomic E-state index is 0.0474. The lowest BCUT2D eigenvalue weighted by molar-refractivity contribution is -0.143. The number of alkyl halides is 3. The van der Waals surface area contributed by atoms with Crippen LogP contribution >= 0.6 is 0 Å². The van der Waals surface area contributed by atoms with Crippen LogP contribution in [0.4, 0.5) is 18.9 Å². The molecule has 1 N–H and O–H groups in total. The molecule has 6 nitrogen and oxygen atoms in total. The summed E-state index contributed by atoms with van der Waals surface area (Å²) in [5.41, 5.74) is 1.31. The van der Waals surface area contributed by atoms with E-state index in [0.29, 0.717) is 6.54 Å². The number of carbonyl (C=O) groups excluding carboxylic acids is 1. The molecule has 1 aliphatic rings. The predicted octanol–water partition coefficient (Wildman–Crippen LogP) is 2.08. The van der Waals surface area contributed by atoms with Gasteiger partial charge in [-0.15, -0.1) is 0 Å². The van der Waals surface area contributed by atoms with Crippen molar-refractivity contribution in [2.24, 2.45) is 7.05 Å². The molecule has 3 heterocycles. The van der Waals surface area contributed by atoms with Crippen molar-refractivity contribution in [1.29, 1.82) is 0 Å². The smallest absolute Gasteiger partial charge is 0.368 e. The molecule has 1 saturated heterocycles. The van der Waals surface area contributed by atoms with Crippen LogP contribution in [0.1, 0.15) is 23.4 Å². The van der Waals surface area contributed by atoms with Crippen LogP contribution in [0.5, 0.6) is 0 Å². The fourth-order valence-corrected chi connectivity index (χ4v) is 3.15. The molecule has 0 unspecified atom stereocenters. The first-order chi connectivity index (χ1) is 12.2. The van der Waals surface area contributed by atoms with Crippen molar-refractivity contribution in [3.63, 3.8) is 0 Å². The quantitative estimate of drug-likeness (QED) is 0.899. The van der Waals surface area contributed by atoms with E-state index in [1.807, 2.05) is 13.0 Å². The van der Waals surface area contributed by atoms with Crippen LogP contribution in [0.3, 0.4) is 0 Å². The van der Waals surface area contributed by atoms with Gasteiger partial charge in [-0.25, -0.2) is 0 Å². The van der Waals surface area contributed by atoms with Gasteiger partial charge in [0.1, 0.15) is 5.69 Å². The number of nitrogens with one attached hydrogen (secondary N) is 1. The van der Waals surface area contributed by atoms with Gasteiger partial charge in [-0.1, -0.05) is 0 Å². The Bertz CT molecular complexity index is 802. The number of hydrogen-bond acceptors (Lipinski definition) is 4. The average Bonchev–Trinajstić information content (AvgIpc) is 3.13. The number of aryl methyl sites for hydroxylation is 2. The monoisotopic (exact) mass is 367 g/mol. The molecule has 140 valence electrons. The van der Waals surface area contributed by atoms with E-state index in [2.05, 4.69) is 20.3 Å². The zero-order valence-corrected chi connectivity index (χ0v) is 14.5. The van der Waals surface area contributed by atoms with Gasteiger partial charge in [-0.2, -0.15) is 18.3 Å². The molecule has 9 heteroatoms. The molecule has 0 saturated carbocycles. The Morgan fingerprint density at radius 1 is 1.35 bits per heavy atom. The van der Waals surface area contributed by atoms with Crippen molar-refractivity contribution in [3.8, 4) is 0 Å². The third-order valence-electron chi connectivity index (χ3n) is 4.34. The summed E-state index contributed by atoms with van der Waals surface area (Å²) in [6, 6.07) is 2.90. The van der Waals surface area contributed by atoms with Crippen molar-refractivity contribution in [2.45, 2.75) is 32.0 Å². The SMILES string of the molecule is Cc1cncc(N2CC[C@@H](NC(=O)Cc3cc(C(F)(F)F)n(C)n3)C2)c1. The topological polar surface area (TPSA) is 63.1 Å². The molecular formula is C17H20F3N5O. The van der Waals surface area contributed by atoms with Crippen molar-refractivity contribution in [3.05, 3.63) is 41.5 Å². The van der Waals surface area contributed by atoms with Crippen LogP contribution in [0.15, 0.2) is 24.5 Å². The van der Waals surface area contributed by atoms with E-state index < -0.39 is 11.9 Å². The first-order valence-electron chi connectivity index (χ1n) is 8.28. The zero-order valence-electron chi connectivity index (χ0n) is 14.5. The number of rotatable bonds is 4. The highest BCUT2D eigenvalue weighted by atomic mass is 19.4. The summed E-state index contributed by atoms with van der Waals surface area (Å²) >= 11 is 0. The van der Waals surface area contributed by atoms with Gasteiger partial charge in [0, 0.05) is 32.4 Å². The molecule has 1 atom stereocenters. The van der Waals surface area contributed by atoms with Crippen LogP contribution in [-0.2, 0) is 24.4 Å². The van der Waals surface area contributed by atoms with Gasteiger partial charge in [0.2, 0.25) is 5.91 Å². The number of anilines is 1. The largest absolute Gasteiger partial charge is 0.433 e. The van der Waals surface area contributed by atoms with Gasteiger partial charge in [-0.05, 0) is 31.0 Å². The standard InChI is InChI=1S/C17H20F3N5O/c1-11-5-14(9-21-8-11)25-4-3-12(10-25)22-16(26)7-13-6-15(17(18,19)20)24(2)23-13/h5-6,8-9,12H,3-4,7,10H2,1-2H3,(H,22,26)/t12-/m1/s1. The van der Waals surface area contributed by atoms with Crippen molar-refractivity contribution in [1.82, 2.24) is 20.1 Å². The Morgan fingerprint density at radius 2 is 2.12 bits per heavy atom. The fraction of sp³-hybridized carbons (Fsp3) is 0.471. The summed E-state index contributed by atoms with van der Waals surface area (Å²) in [4.78, 5) is 18.5. The van der Waals surface area contributed by atoms with E-state index in [4.69, 9.17) is 0 Å². The first-order valence-corrected chi connectivity index (χ1v) is 8.28. The summed E-state index contributed by atoms with van der Waals surface area (Å²) in [7, 11) is 1.22. The number of carbonyl (C=O) groups is 1. The van der Waals surface area contributed by atoms with Crippen molar-refractivity contribution < 1.29 is 18.0 Å². The van der Waals surface area contributed by atoms with Gasteiger partial charge >= 0.3 is 6.18 Å². The summed E-state index contributed by atoms with van der Waals surface area (Å²) in [6.07, 6.45) is -0.322. The van der Waals surface area contributed by atoms with Crippen molar-refractivity contribution in [2.75, 3.05) is 18.0 Å². The Morgan fingerprint density at radius 3 is 2.77 bits per heavy atom. The molecule has 0 bridgehead atoms. The number of amides is 1. The Balaban J connectivity index is 1.56. The van der Waals surface area contributed by atoms with E-state index >= 15 is 0 Å². The van der Waals surface area contributed by atoms with Gasteiger partial charge in [-0.3, -0.25) is 14.5 Å². The summed E-state index contributed by atoms with van der Waals surface area (Å²) in [6.45, 7) is 3.40. The molecule has 0 spiro atoms. The minimum Gasteiger partial charge on any atom is -0.368 e. The van der Waals surface area contributed by atoms with Gasteiger partial charge in [0.15, 0.2) is 0 Å². The molecule has 0 aromatic carbocycles. The molecule has 2 aromatic heterocycles. The zero-order chi connectivity index (χ0) is 18.9. The molecule has 3 rings (SSSR count). The number of nitrogens with zero attached hydrogens (tertiary/aromatic N) is 4. The van der Waals surface area contributed by atoms with Crippen LogP contribution in [0, 0.1) is 6.92 Å². The van der Waals surface area contributed by atoms with E-state index in [0.717, 1.165) is 35.0 Å². The highest BCUT2D eigenvalue weighted by molar-refractivity contribution is 5.78. The third-order valence-corrected chi connectivity index (χ3v) is 4.34. The van der Waals surface area contributed by atoms with Crippen LogP contribution in [0.2, 0.25) is 0 Å². The van der Waals surface area contributed by atoms with E-state index in [-0.39, 0.29) is 24.1 Å². The number of pyridine rings is 1. The summed E-state index contributed by atoms with van der Waals surface area (Å²) in [5, 5.41) is 6.66. The molecule has 0 radical (unpaired) electrons. The lowest BCUT2D eigenvalue weighted by Gasteiger charge is -2.19. The van der Waals surface area contributed by atoms with Crippen LogP contribution in [0.25, 0.3) is 0 Å². The summed E-state index contributed by atoms with van der Waals surface area (Å²) < 4.78 is 39.1. The lowest BCUT2D eigenvalue weighted by atomic mass is 10.2. The normalized spacial score (nSPS) is 17.6. The predicted molar refractivity (Wildman–Crippen MR) is 89.6 cm³/mol. The van der Waals surface area contributed by atoms with Gasteiger partial charge in [0.05, 0.1) is 24.0 Å². The number of halogens is 3. The second kappa shape index (κ2) is 6.97. The maximum Gasteiger partial charge on any atom is 0.433 e. The average molecular weight is 367 g/mol. The van der Waals surface area contributed by atoms with Crippen LogP contribution in [-0.4, -0.2) is 39.8 Å². The molecule has 26 heavy (non-hydrogen) atoms.